The van der Waals surface area contributed by atoms with Gasteiger partial charge in [0.15, 0.2) is 0 Å². The molecule has 0 aliphatic rings. The molecule has 0 spiro atoms. The highest BCUT2D eigenvalue weighted by Crippen LogP contribution is 2.08. The molecule has 66 valence electrons. The number of pyridine rings is 1. The summed E-state index contributed by atoms with van der Waals surface area (Å²) in [5, 5.41) is 3.80. The van der Waals surface area contributed by atoms with Crippen LogP contribution in [0.15, 0.2) is 29.5 Å². The molecule has 0 bridgehead atoms. The lowest BCUT2D eigenvalue weighted by Gasteiger charge is -1.91. The predicted octanol–water partition coefficient (Wildman–Crippen LogP) is 3.06. The highest BCUT2D eigenvalue weighted by Gasteiger charge is 1.88. The molecule has 0 fully saturated rings. The monoisotopic (exact) mass is 194 g/mol. The van der Waals surface area contributed by atoms with Crippen LogP contribution >= 0.6 is 11.6 Å². The van der Waals surface area contributed by atoms with E-state index in [0.29, 0.717) is 11.7 Å². The van der Waals surface area contributed by atoms with Crippen molar-refractivity contribution in [2.24, 2.45) is 5.11 Å². The van der Waals surface area contributed by atoms with E-state index >= 15 is 0 Å². The Morgan fingerprint density at radius 1 is 1.69 bits per heavy atom. The lowest BCUT2D eigenvalue weighted by atomic mass is 10.2. The predicted molar refractivity (Wildman–Crippen MR) is 52.3 cm³/mol. The van der Waals surface area contributed by atoms with Gasteiger partial charge in [-0.15, -0.1) is 0 Å². The van der Waals surface area contributed by atoms with Crippen molar-refractivity contribution < 1.29 is 0 Å². The fourth-order valence-electron chi connectivity index (χ4n) is 0.794. The maximum absolute atomic E-state index is 8.00. The minimum atomic E-state index is 0.344. The first-order valence-corrected chi connectivity index (χ1v) is 3.99. The third-order valence-electron chi connectivity index (χ3n) is 1.31. The van der Waals surface area contributed by atoms with Crippen molar-refractivity contribution in [3.8, 4) is 0 Å². The molecule has 4 nitrogen and oxygen atoms in total. The minimum absolute atomic E-state index is 0.344. The van der Waals surface area contributed by atoms with Crippen molar-refractivity contribution in [2.45, 2.75) is 0 Å². The molecule has 0 amide bonds. The lowest BCUT2D eigenvalue weighted by Crippen LogP contribution is -1.76. The third-order valence-corrected chi connectivity index (χ3v) is 1.52. The van der Waals surface area contributed by atoms with Crippen molar-refractivity contribution in [3.63, 3.8) is 0 Å². The van der Waals surface area contributed by atoms with Crippen molar-refractivity contribution in [3.05, 3.63) is 45.6 Å². The van der Waals surface area contributed by atoms with Crippen LogP contribution in [0.1, 0.15) is 5.56 Å². The SMILES string of the molecule is [N-]=[N+]=NCC=Cc1ccnc(Cl)c1. The van der Waals surface area contributed by atoms with Crippen LogP contribution in [0.4, 0.5) is 0 Å². The molecule has 0 atom stereocenters. The van der Waals surface area contributed by atoms with Gasteiger partial charge >= 0.3 is 0 Å². The standard InChI is InChI=1S/C8H7ClN4/c9-8-6-7(3-5-11-8)2-1-4-12-13-10/h1-3,5-6H,4H2. The summed E-state index contributed by atoms with van der Waals surface area (Å²) in [6, 6.07) is 3.55. The number of hydrogen-bond acceptors (Lipinski definition) is 2. The second-order valence-electron chi connectivity index (χ2n) is 2.23. The van der Waals surface area contributed by atoms with E-state index in [4.69, 9.17) is 17.1 Å². The van der Waals surface area contributed by atoms with Crippen molar-refractivity contribution in [1.82, 2.24) is 4.98 Å². The zero-order valence-electron chi connectivity index (χ0n) is 6.76. The largest absolute Gasteiger partial charge is 0.245 e. The molecule has 1 aromatic rings. The van der Waals surface area contributed by atoms with Crippen LogP contribution in [0.25, 0.3) is 16.5 Å². The Hall–Kier alpha value is -1.51. The molecular weight excluding hydrogens is 188 g/mol. The van der Waals surface area contributed by atoms with Gasteiger partial charge in [0.1, 0.15) is 5.15 Å². The zero-order chi connectivity index (χ0) is 9.52. The van der Waals surface area contributed by atoms with Gasteiger partial charge in [-0.2, -0.15) is 0 Å². The van der Waals surface area contributed by atoms with E-state index in [1.165, 1.54) is 0 Å². The Bertz CT molecular complexity index is 355. The van der Waals surface area contributed by atoms with Gasteiger partial charge in [0.25, 0.3) is 0 Å². The van der Waals surface area contributed by atoms with E-state index in [-0.39, 0.29) is 0 Å². The average Bonchev–Trinajstić information content (AvgIpc) is 2.13. The van der Waals surface area contributed by atoms with Crippen LogP contribution in [-0.2, 0) is 0 Å². The molecule has 13 heavy (non-hydrogen) atoms. The highest BCUT2D eigenvalue weighted by atomic mass is 35.5. The maximum Gasteiger partial charge on any atom is 0.129 e. The van der Waals surface area contributed by atoms with E-state index in [0.717, 1.165) is 5.56 Å². The Morgan fingerprint density at radius 2 is 2.54 bits per heavy atom. The smallest absolute Gasteiger partial charge is 0.129 e. The van der Waals surface area contributed by atoms with Gasteiger partial charge in [-0.3, -0.25) is 0 Å². The van der Waals surface area contributed by atoms with Crippen LogP contribution in [0.5, 0.6) is 0 Å². The van der Waals surface area contributed by atoms with Crippen molar-refractivity contribution in [1.29, 1.82) is 0 Å². The maximum atomic E-state index is 8.00. The molecular formula is C8H7ClN4. The van der Waals surface area contributed by atoms with Gasteiger partial charge < -0.3 is 0 Å². The fourth-order valence-corrected chi connectivity index (χ4v) is 0.976. The summed E-state index contributed by atoms with van der Waals surface area (Å²) in [5.41, 5.74) is 8.94. The summed E-state index contributed by atoms with van der Waals surface area (Å²) in [6.45, 7) is 0.344. The quantitative estimate of drug-likeness (QED) is 0.316. The molecule has 0 aliphatic carbocycles. The highest BCUT2D eigenvalue weighted by molar-refractivity contribution is 6.29. The number of nitrogens with zero attached hydrogens (tertiary/aromatic N) is 4. The van der Waals surface area contributed by atoms with Gasteiger partial charge in [-0.05, 0) is 23.2 Å². The molecule has 0 aliphatic heterocycles. The Kier molecular flexibility index (Phi) is 3.82. The van der Waals surface area contributed by atoms with Crippen LogP contribution in [0.3, 0.4) is 0 Å². The Morgan fingerprint density at radius 3 is 3.23 bits per heavy atom. The summed E-state index contributed by atoms with van der Waals surface area (Å²) in [7, 11) is 0. The summed E-state index contributed by atoms with van der Waals surface area (Å²) in [4.78, 5) is 6.45. The molecule has 0 saturated carbocycles. The van der Waals surface area contributed by atoms with Gasteiger partial charge in [-0.25, -0.2) is 4.98 Å². The van der Waals surface area contributed by atoms with E-state index < -0.39 is 0 Å². The average molecular weight is 195 g/mol. The van der Waals surface area contributed by atoms with E-state index in [1.807, 2.05) is 12.1 Å². The molecule has 0 N–H and O–H groups in total. The summed E-state index contributed by atoms with van der Waals surface area (Å²) in [6.07, 6.45) is 5.20. The van der Waals surface area contributed by atoms with Gasteiger partial charge in [0.05, 0.1) is 0 Å². The third kappa shape index (κ3) is 3.60. The summed E-state index contributed by atoms with van der Waals surface area (Å²) in [5.74, 6) is 0. The molecule has 1 aromatic heterocycles. The zero-order valence-corrected chi connectivity index (χ0v) is 7.52. The number of aromatic nitrogens is 1. The summed E-state index contributed by atoms with van der Waals surface area (Å²) < 4.78 is 0. The molecule has 1 heterocycles. The molecule has 0 aromatic carbocycles. The first-order valence-electron chi connectivity index (χ1n) is 3.62. The first kappa shape index (κ1) is 9.58. The minimum Gasteiger partial charge on any atom is -0.245 e. The lowest BCUT2D eigenvalue weighted by molar-refractivity contribution is 1.22. The summed E-state index contributed by atoms with van der Waals surface area (Å²) >= 11 is 5.66. The van der Waals surface area contributed by atoms with Crippen LogP contribution in [0.2, 0.25) is 5.15 Å². The number of halogens is 1. The van der Waals surface area contributed by atoms with E-state index in [9.17, 15) is 0 Å². The van der Waals surface area contributed by atoms with Crippen molar-refractivity contribution >= 4 is 17.7 Å². The first-order chi connectivity index (χ1) is 6.33. The van der Waals surface area contributed by atoms with Gasteiger partial charge in [0, 0.05) is 17.7 Å². The second kappa shape index (κ2) is 5.19. The normalized spacial score (nSPS) is 9.92. The molecule has 0 saturated heterocycles. The number of azide groups is 1. The van der Waals surface area contributed by atoms with E-state index in [1.54, 1.807) is 18.3 Å². The van der Waals surface area contributed by atoms with E-state index in [2.05, 4.69) is 15.0 Å². The number of hydrogen-bond donors (Lipinski definition) is 0. The Balaban J connectivity index is 2.63. The van der Waals surface area contributed by atoms with Crippen LogP contribution < -0.4 is 0 Å². The second-order valence-corrected chi connectivity index (χ2v) is 2.61. The molecule has 1 rings (SSSR count). The molecule has 0 radical (unpaired) electrons. The topological polar surface area (TPSA) is 61.7 Å². The van der Waals surface area contributed by atoms with Crippen LogP contribution in [-0.4, -0.2) is 11.5 Å². The van der Waals surface area contributed by atoms with Gasteiger partial charge in [-0.1, -0.05) is 28.9 Å². The fraction of sp³-hybridized carbons (Fsp3) is 0.125. The molecule has 5 heteroatoms. The number of rotatable bonds is 3. The van der Waals surface area contributed by atoms with Gasteiger partial charge in [0.2, 0.25) is 0 Å². The molecule has 0 unspecified atom stereocenters. The van der Waals surface area contributed by atoms with Crippen molar-refractivity contribution in [2.75, 3.05) is 6.54 Å². The van der Waals surface area contributed by atoms with Crippen LogP contribution in [0, 0.1) is 0 Å². The Labute approximate surface area is 80.5 Å².